The Morgan fingerprint density at radius 2 is 1.65 bits per heavy atom. The predicted molar refractivity (Wildman–Crippen MR) is 143 cm³/mol. The molecule has 5 rings (SSSR count). The Balaban J connectivity index is 1.39. The summed E-state index contributed by atoms with van der Waals surface area (Å²) in [5.41, 5.74) is 2.97. The Morgan fingerprint density at radius 3 is 2.30 bits per heavy atom. The van der Waals surface area contributed by atoms with Crippen molar-refractivity contribution in [3.63, 3.8) is 0 Å². The summed E-state index contributed by atoms with van der Waals surface area (Å²) in [5, 5.41) is 7.58. The van der Waals surface area contributed by atoms with Crippen molar-refractivity contribution in [3.05, 3.63) is 114 Å². The van der Waals surface area contributed by atoms with E-state index in [2.05, 4.69) is 22.5 Å². The third kappa shape index (κ3) is 5.42. The molecule has 1 aromatic heterocycles. The highest BCUT2D eigenvalue weighted by atomic mass is 32.2. The standard InChI is InChI=1S/C28H29N5O3S/c1-31-18-16-27(30-31)37(35,36)33(20-22-8-4-2-5-9-22)25-14-12-24(13-15-25)28(34)32-19-17-29-26(21-32)23-10-6-3-7-11-23/h2-16,18,26,29H,17,19-21H2,1H3. The van der Waals surface area contributed by atoms with Crippen LogP contribution in [0.5, 0.6) is 0 Å². The molecule has 2 heterocycles. The van der Waals surface area contributed by atoms with Gasteiger partial charge < -0.3 is 10.2 Å². The number of aryl methyl sites for hydroxylation is 1. The number of nitrogens with one attached hydrogen (secondary N) is 1. The molecule has 1 aliphatic rings. The molecule has 8 nitrogen and oxygen atoms in total. The zero-order valence-corrected chi connectivity index (χ0v) is 21.4. The summed E-state index contributed by atoms with van der Waals surface area (Å²) in [5.74, 6) is -0.0730. The molecule has 0 aliphatic carbocycles. The van der Waals surface area contributed by atoms with E-state index < -0.39 is 10.0 Å². The van der Waals surface area contributed by atoms with Crippen LogP contribution in [0.3, 0.4) is 0 Å². The SMILES string of the molecule is Cn1ccc(S(=O)(=O)N(Cc2ccccc2)c2ccc(C(=O)N3CCNC(c4ccccc4)C3)cc2)n1. The minimum Gasteiger partial charge on any atom is -0.335 e. The van der Waals surface area contributed by atoms with Gasteiger partial charge in [0.2, 0.25) is 0 Å². The second-order valence-corrected chi connectivity index (χ2v) is 10.8. The molecule has 1 aliphatic heterocycles. The predicted octanol–water partition coefficient (Wildman–Crippen LogP) is 3.60. The monoisotopic (exact) mass is 515 g/mol. The lowest BCUT2D eigenvalue weighted by molar-refractivity contribution is 0.0703. The van der Waals surface area contributed by atoms with Crippen molar-refractivity contribution < 1.29 is 13.2 Å². The summed E-state index contributed by atoms with van der Waals surface area (Å²) >= 11 is 0. The highest BCUT2D eigenvalue weighted by Crippen LogP contribution is 2.26. The number of piperazine rings is 1. The summed E-state index contributed by atoms with van der Waals surface area (Å²) < 4.78 is 29.9. The number of hydrogen-bond acceptors (Lipinski definition) is 5. The van der Waals surface area contributed by atoms with E-state index in [4.69, 9.17) is 0 Å². The minimum atomic E-state index is -3.93. The Kier molecular flexibility index (Phi) is 7.07. The van der Waals surface area contributed by atoms with E-state index in [0.717, 1.165) is 11.1 Å². The number of rotatable bonds is 7. The lowest BCUT2D eigenvalue weighted by atomic mass is 10.0. The molecule has 0 radical (unpaired) electrons. The topological polar surface area (TPSA) is 87.5 Å². The van der Waals surface area contributed by atoms with Crippen LogP contribution in [0.4, 0.5) is 5.69 Å². The summed E-state index contributed by atoms with van der Waals surface area (Å²) in [6, 6.07) is 27.8. The maximum Gasteiger partial charge on any atom is 0.283 e. The van der Waals surface area contributed by atoms with Crippen molar-refractivity contribution >= 4 is 21.6 Å². The molecule has 1 atom stereocenters. The first-order valence-corrected chi connectivity index (χ1v) is 13.6. The van der Waals surface area contributed by atoms with E-state index in [-0.39, 0.29) is 23.5 Å². The Hall–Kier alpha value is -3.95. The summed E-state index contributed by atoms with van der Waals surface area (Å²) in [7, 11) is -2.25. The average Bonchev–Trinajstić information content (AvgIpc) is 3.40. The fraction of sp³-hybridized carbons (Fsp3) is 0.214. The molecular formula is C28H29N5O3S. The van der Waals surface area contributed by atoms with E-state index >= 15 is 0 Å². The first-order valence-electron chi connectivity index (χ1n) is 12.2. The van der Waals surface area contributed by atoms with Gasteiger partial charge in [0.05, 0.1) is 12.2 Å². The van der Waals surface area contributed by atoms with Gasteiger partial charge in [-0.15, -0.1) is 0 Å². The van der Waals surface area contributed by atoms with Crippen LogP contribution in [0.1, 0.15) is 27.5 Å². The summed E-state index contributed by atoms with van der Waals surface area (Å²) in [6.07, 6.45) is 1.60. The second kappa shape index (κ2) is 10.6. The van der Waals surface area contributed by atoms with Crippen molar-refractivity contribution in [1.82, 2.24) is 20.0 Å². The van der Waals surface area contributed by atoms with Gasteiger partial charge in [-0.25, -0.2) is 0 Å². The van der Waals surface area contributed by atoms with Crippen LogP contribution in [0.2, 0.25) is 0 Å². The Morgan fingerprint density at radius 1 is 0.973 bits per heavy atom. The van der Waals surface area contributed by atoms with E-state index in [1.165, 1.54) is 15.1 Å². The third-order valence-electron chi connectivity index (χ3n) is 6.48. The van der Waals surface area contributed by atoms with E-state index in [1.807, 2.05) is 53.4 Å². The number of amides is 1. The molecule has 0 saturated carbocycles. The molecule has 9 heteroatoms. The summed E-state index contributed by atoms with van der Waals surface area (Å²) in [6.45, 7) is 2.02. The van der Waals surface area contributed by atoms with Crippen molar-refractivity contribution in [1.29, 1.82) is 0 Å². The fourth-order valence-electron chi connectivity index (χ4n) is 4.50. The molecule has 1 N–H and O–H groups in total. The van der Waals surface area contributed by atoms with Crippen LogP contribution in [-0.2, 0) is 23.6 Å². The molecule has 1 amide bonds. The molecular weight excluding hydrogens is 486 g/mol. The fourth-order valence-corrected chi connectivity index (χ4v) is 5.91. The molecule has 1 saturated heterocycles. The highest BCUT2D eigenvalue weighted by Gasteiger charge is 2.29. The third-order valence-corrected chi connectivity index (χ3v) is 8.15. The van der Waals surface area contributed by atoms with Gasteiger partial charge in [0, 0.05) is 44.5 Å². The number of carbonyl (C=O) groups excluding carboxylic acids is 1. The quantitative estimate of drug-likeness (QED) is 0.406. The van der Waals surface area contributed by atoms with Crippen LogP contribution >= 0.6 is 0 Å². The Labute approximate surface area is 217 Å². The van der Waals surface area contributed by atoms with E-state index in [1.54, 1.807) is 37.5 Å². The van der Waals surface area contributed by atoms with Gasteiger partial charge in [-0.1, -0.05) is 60.7 Å². The van der Waals surface area contributed by atoms with Crippen LogP contribution in [0.25, 0.3) is 0 Å². The van der Waals surface area contributed by atoms with Crippen LogP contribution < -0.4 is 9.62 Å². The zero-order chi connectivity index (χ0) is 25.8. The molecule has 4 aromatic rings. The minimum absolute atomic E-state index is 0.0288. The summed E-state index contributed by atoms with van der Waals surface area (Å²) in [4.78, 5) is 15.2. The van der Waals surface area contributed by atoms with Gasteiger partial charge in [0.1, 0.15) is 0 Å². The van der Waals surface area contributed by atoms with Crippen LogP contribution in [0, 0.1) is 0 Å². The highest BCUT2D eigenvalue weighted by molar-refractivity contribution is 7.92. The van der Waals surface area contributed by atoms with Crippen molar-refractivity contribution in [2.24, 2.45) is 7.05 Å². The molecule has 0 bridgehead atoms. The normalized spacial score (nSPS) is 15.9. The second-order valence-electron chi connectivity index (χ2n) is 9.04. The first kappa shape index (κ1) is 24.7. The number of aromatic nitrogens is 2. The molecule has 0 spiro atoms. The first-order chi connectivity index (χ1) is 17.9. The van der Waals surface area contributed by atoms with Crippen molar-refractivity contribution in [2.45, 2.75) is 17.6 Å². The van der Waals surface area contributed by atoms with Crippen molar-refractivity contribution in [2.75, 3.05) is 23.9 Å². The number of nitrogens with zero attached hydrogens (tertiary/aromatic N) is 4. The Bertz CT molecular complexity index is 1450. The molecule has 3 aromatic carbocycles. The van der Waals surface area contributed by atoms with Gasteiger partial charge in [-0.2, -0.15) is 13.5 Å². The molecule has 37 heavy (non-hydrogen) atoms. The van der Waals surface area contributed by atoms with E-state index in [9.17, 15) is 13.2 Å². The van der Waals surface area contributed by atoms with Crippen LogP contribution in [0.15, 0.2) is 102 Å². The lowest BCUT2D eigenvalue weighted by Gasteiger charge is -2.34. The maximum absolute atomic E-state index is 13.6. The number of anilines is 1. The van der Waals surface area contributed by atoms with Crippen molar-refractivity contribution in [3.8, 4) is 0 Å². The van der Waals surface area contributed by atoms with Gasteiger partial charge in [0.25, 0.3) is 15.9 Å². The van der Waals surface area contributed by atoms with Gasteiger partial charge >= 0.3 is 0 Å². The molecule has 190 valence electrons. The van der Waals surface area contributed by atoms with Gasteiger partial charge in [-0.05, 0) is 41.5 Å². The number of sulfonamides is 1. The van der Waals surface area contributed by atoms with Gasteiger partial charge in [0.15, 0.2) is 5.03 Å². The number of carbonyl (C=O) groups is 1. The lowest BCUT2D eigenvalue weighted by Crippen LogP contribution is -2.48. The zero-order valence-electron chi connectivity index (χ0n) is 20.6. The van der Waals surface area contributed by atoms with Crippen LogP contribution in [-0.4, -0.2) is 48.6 Å². The largest absolute Gasteiger partial charge is 0.335 e. The number of benzene rings is 3. The number of hydrogen-bond donors (Lipinski definition) is 1. The molecule has 1 fully saturated rings. The maximum atomic E-state index is 13.6. The smallest absolute Gasteiger partial charge is 0.283 e. The van der Waals surface area contributed by atoms with Gasteiger partial charge in [-0.3, -0.25) is 13.8 Å². The molecule has 1 unspecified atom stereocenters. The average molecular weight is 516 g/mol. The van der Waals surface area contributed by atoms with E-state index in [0.29, 0.717) is 30.9 Å².